The Labute approximate surface area is 230 Å². The van der Waals surface area contributed by atoms with E-state index in [0.29, 0.717) is 11.5 Å². The minimum Gasteiger partial charge on any atom is -0.378 e. The van der Waals surface area contributed by atoms with Crippen LogP contribution < -0.4 is 10.6 Å². The third-order valence-electron chi connectivity index (χ3n) is 8.43. The zero-order valence-electron chi connectivity index (χ0n) is 23.4. The number of carbonyl (C=O) groups excluding carboxylic acids is 1. The van der Waals surface area contributed by atoms with Crippen molar-refractivity contribution in [2.75, 3.05) is 18.4 Å². The molecule has 2 aromatic carbocycles. The zero-order chi connectivity index (χ0) is 27.5. The molecule has 0 bridgehead atoms. The Morgan fingerprint density at radius 1 is 1.05 bits per heavy atom. The number of amides is 1. The van der Waals surface area contributed by atoms with Gasteiger partial charge in [-0.2, -0.15) is 0 Å². The van der Waals surface area contributed by atoms with Crippen molar-refractivity contribution in [1.82, 2.24) is 19.8 Å². The molecule has 8 heteroatoms. The number of piperidine rings is 1. The molecule has 1 aliphatic heterocycles. The van der Waals surface area contributed by atoms with E-state index in [1.165, 1.54) is 42.7 Å². The predicted molar refractivity (Wildman–Crippen MR) is 153 cm³/mol. The molecule has 1 unspecified atom stereocenters. The van der Waals surface area contributed by atoms with Crippen LogP contribution in [0.3, 0.4) is 0 Å². The number of hydrogen-bond acceptors (Lipinski definition) is 5. The molecule has 3 N–H and O–H groups in total. The third kappa shape index (κ3) is 6.68. The van der Waals surface area contributed by atoms with Crippen LogP contribution in [0.1, 0.15) is 81.3 Å². The van der Waals surface area contributed by atoms with Crippen LogP contribution in [-0.4, -0.2) is 50.8 Å². The summed E-state index contributed by atoms with van der Waals surface area (Å²) in [6, 6.07) is 12.4. The molecule has 2 heterocycles. The molecule has 1 atom stereocenters. The number of halogens is 1. The summed E-state index contributed by atoms with van der Waals surface area (Å²) < 4.78 is 15.6. The van der Waals surface area contributed by atoms with Gasteiger partial charge in [-0.3, -0.25) is 20.3 Å². The summed E-state index contributed by atoms with van der Waals surface area (Å²) in [5.41, 5.74) is 3.52. The van der Waals surface area contributed by atoms with Crippen molar-refractivity contribution >= 4 is 22.9 Å². The number of anilines is 1. The quantitative estimate of drug-likeness (QED) is 0.322. The maximum Gasteiger partial charge on any atom is 0.257 e. The predicted octanol–water partition coefficient (Wildman–Crippen LogP) is 5.71. The number of nitrogens with zero attached hydrogens (tertiary/aromatic N) is 3. The van der Waals surface area contributed by atoms with E-state index in [2.05, 4.69) is 45.2 Å². The molecular weight excluding hydrogens is 493 g/mol. The van der Waals surface area contributed by atoms with Crippen molar-refractivity contribution in [2.45, 2.75) is 84.2 Å². The summed E-state index contributed by atoms with van der Waals surface area (Å²) >= 11 is 0. The van der Waals surface area contributed by atoms with Crippen molar-refractivity contribution in [3.05, 3.63) is 59.4 Å². The SMILES string of the molecule is CC1CCN(Cc2ccc3nc(NC(=O)c4ccc(F)cc4)n(C4CCC(C(O)NC(C)C)CC4)c3c2)CC1. The maximum absolute atomic E-state index is 13.4. The lowest BCUT2D eigenvalue weighted by molar-refractivity contribution is 0.0414. The van der Waals surface area contributed by atoms with E-state index in [0.717, 1.165) is 62.3 Å². The lowest BCUT2D eigenvalue weighted by Crippen LogP contribution is -2.41. The minimum atomic E-state index is -0.512. The van der Waals surface area contributed by atoms with Crippen LogP contribution in [0.25, 0.3) is 11.0 Å². The first-order valence-electron chi connectivity index (χ1n) is 14.5. The molecule has 2 fully saturated rings. The van der Waals surface area contributed by atoms with Crippen LogP contribution in [0.2, 0.25) is 0 Å². The van der Waals surface area contributed by atoms with Crippen LogP contribution in [0.15, 0.2) is 42.5 Å². The normalized spacial score (nSPS) is 21.9. The number of aliphatic hydroxyl groups excluding tert-OH is 1. The monoisotopic (exact) mass is 535 g/mol. The molecule has 0 radical (unpaired) electrons. The van der Waals surface area contributed by atoms with Gasteiger partial charge in [0, 0.05) is 24.2 Å². The largest absolute Gasteiger partial charge is 0.378 e. The number of likely N-dealkylation sites (tertiary alicyclic amines) is 1. The van der Waals surface area contributed by atoms with Gasteiger partial charge in [0.25, 0.3) is 5.91 Å². The number of rotatable bonds is 8. The van der Waals surface area contributed by atoms with Crippen molar-refractivity contribution in [1.29, 1.82) is 0 Å². The van der Waals surface area contributed by atoms with Crippen LogP contribution in [0.5, 0.6) is 0 Å². The Bertz CT molecular complexity index is 1260. The van der Waals surface area contributed by atoms with Gasteiger partial charge in [0.2, 0.25) is 5.95 Å². The fraction of sp³-hybridized carbons (Fsp3) is 0.548. The second-order valence-electron chi connectivity index (χ2n) is 11.9. The van der Waals surface area contributed by atoms with E-state index in [1.54, 1.807) is 0 Å². The van der Waals surface area contributed by atoms with Crippen molar-refractivity contribution in [3.8, 4) is 0 Å². The number of imidazole rings is 1. The average molecular weight is 536 g/mol. The highest BCUT2D eigenvalue weighted by Gasteiger charge is 2.30. The molecule has 5 rings (SSSR count). The third-order valence-corrected chi connectivity index (χ3v) is 8.43. The molecule has 3 aromatic rings. The summed E-state index contributed by atoms with van der Waals surface area (Å²) in [5, 5.41) is 16.9. The number of hydrogen-bond donors (Lipinski definition) is 3. The summed E-state index contributed by atoms with van der Waals surface area (Å²) in [5.74, 6) is 0.835. The molecule has 210 valence electrons. The standard InChI is InChI=1S/C31H42FN5O2/c1-20(2)33-29(38)24-7-11-26(12-8-24)37-28-18-22(19-36-16-14-21(3)15-17-36)4-13-27(28)34-31(37)35-30(39)23-5-9-25(32)10-6-23/h4-6,9-10,13,18,20-21,24,26,29,33,38H,7-8,11-12,14-17,19H2,1-3H3,(H,34,35,39). The molecule has 0 spiro atoms. The Morgan fingerprint density at radius 2 is 1.74 bits per heavy atom. The molecule has 39 heavy (non-hydrogen) atoms. The van der Waals surface area contributed by atoms with Gasteiger partial charge < -0.3 is 9.67 Å². The molecule has 7 nitrogen and oxygen atoms in total. The van der Waals surface area contributed by atoms with Gasteiger partial charge in [0.15, 0.2) is 0 Å². The number of aliphatic hydroxyl groups is 1. The molecule has 1 aromatic heterocycles. The van der Waals surface area contributed by atoms with E-state index in [1.807, 2.05) is 13.8 Å². The smallest absolute Gasteiger partial charge is 0.257 e. The van der Waals surface area contributed by atoms with Gasteiger partial charge in [-0.1, -0.05) is 13.0 Å². The molecule has 2 aliphatic rings. The van der Waals surface area contributed by atoms with Crippen molar-refractivity contribution in [2.24, 2.45) is 11.8 Å². The Morgan fingerprint density at radius 3 is 2.41 bits per heavy atom. The first-order valence-corrected chi connectivity index (χ1v) is 14.5. The molecular formula is C31H42FN5O2. The maximum atomic E-state index is 13.4. The van der Waals surface area contributed by atoms with Gasteiger partial charge in [-0.15, -0.1) is 0 Å². The van der Waals surface area contributed by atoms with Crippen LogP contribution in [-0.2, 0) is 6.54 Å². The molecule has 1 saturated heterocycles. The fourth-order valence-electron chi connectivity index (χ4n) is 6.10. The second kappa shape index (κ2) is 12.1. The Kier molecular flexibility index (Phi) is 8.64. The summed E-state index contributed by atoms with van der Waals surface area (Å²) in [7, 11) is 0. The van der Waals surface area contributed by atoms with Crippen molar-refractivity contribution < 1.29 is 14.3 Å². The van der Waals surface area contributed by atoms with Crippen molar-refractivity contribution in [3.63, 3.8) is 0 Å². The van der Waals surface area contributed by atoms with Crippen LogP contribution in [0.4, 0.5) is 10.3 Å². The summed E-state index contributed by atoms with van der Waals surface area (Å²) in [4.78, 5) is 20.5. The van der Waals surface area contributed by atoms with Gasteiger partial charge in [0.1, 0.15) is 12.0 Å². The Hall–Kier alpha value is -2.81. The van der Waals surface area contributed by atoms with Crippen LogP contribution >= 0.6 is 0 Å². The van der Waals surface area contributed by atoms with Gasteiger partial charge in [-0.25, -0.2) is 9.37 Å². The van der Waals surface area contributed by atoms with E-state index in [4.69, 9.17) is 4.98 Å². The first-order chi connectivity index (χ1) is 18.8. The average Bonchev–Trinajstić information content (AvgIpc) is 3.27. The van der Waals surface area contributed by atoms with Crippen LogP contribution in [0, 0.1) is 17.7 Å². The zero-order valence-corrected chi connectivity index (χ0v) is 23.4. The molecule has 1 saturated carbocycles. The van der Waals surface area contributed by atoms with E-state index in [9.17, 15) is 14.3 Å². The van der Waals surface area contributed by atoms with E-state index >= 15 is 0 Å². The fourth-order valence-corrected chi connectivity index (χ4v) is 6.10. The van der Waals surface area contributed by atoms with Gasteiger partial charge in [0.05, 0.1) is 11.0 Å². The van der Waals surface area contributed by atoms with Gasteiger partial charge in [-0.05, 0) is 119 Å². The first kappa shape index (κ1) is 27.7. The minimum absolute atomic E-state index is 0.159. The number of aromatic nitrogens is 2. The summed E-state index contributed by atoms with van der Waals surface area (Å²) in [6.07, 6.45) is 5.52. The molecule has 1 amide bonds. The topological polar surface area (TPSA) is 82.4 Å². The summed E-state index contributed by atoms with van der Waals surface area (Å²) in [6.45, 7) is 9.57. The van der Waals surface area contributed by atoms with Gasteiger partial charge >= 0.3 is 0 Å². The second-order valence-corrected chi connectivity index (χ2v) is 11.9. The lowest BCUT2D eigenvalue weighted by atomic mass is 9.84. The van der Waals surface area contributed by atoms with E-state index < -0.39 is 6.23 Å². The Balaban J connectivity index is 1.41. The van der Waals surface area contributed by atoms with E-state index in [-0.39, 0.29) is 29.7 Å². The number of nitrogens with one attached hydrogen (secondary N) is 2. The molecule has 1 aliphatic carbocycles. The highest BCUT2D eigenvalue weighted by Crippen LogP contribution is 2.38. The number of fused-ring (bicyclic) bond motifs is 1. The number of benzene rings is 2. The highest BCUT2D eigenvalue weighted by atomic mass is 19.1. The lowest BCUT2D eigenvalue weighted by Gasteiger charge is -2.34. The highest BCUT2D eigenvalue weighted by molar-refractivity contribution is 6.04. The number of carbonyl (C=O) groups is 1.